The lowest BCUT2D eigenvalue weighted by Crippen LogP contribution is -2.40. The third-order valence-corrected chi connectivity index (χ3v) is 6.67. The zero-order valence-corrected chi connectivity index (χ0v) is 20.2. The number of carboxylic acid groups (broad SMARTS) is 1. The molecule has 1 saturated heterocycles. The minimum absolute atomic E-state index is 0.00129. The second kappa shape index (κ2) is 10.3. The SMILES string of the molecule is CC(NC(=O)O)c1ccc(-c2nc3c(c(N4CCOCC4)n2)CCN(C(=O)c2ccccc2)C3)cc1. The van der Waals surface area contributed by atoms with Gasteiger partial charge < -0.3 is 25.0 Å². The summed E-state index contributed by atoms with van der Waals surface area (Å²) < 4.78 is 5.55. The van der Waals surface area contributed by atoms with Crippen LogP contribution in [0.1, 0.15) is 40.1 Å². The monoisotopic (exact) mass is 487 g/mol. The molecule has 5 rings (SSSR count). The number of carbonyl (C=O) groups excluding carboxylic acids is 1. The largest absolute Gasteiger partial charge is 0.465 e. The number of amides is 2. The lowest BCUT2D eigenvalue weighted by atomic mass is 10.0. The number of fused-ring (bicyclic) bond motifs is 1. The summed E-state index contributed by atoms with van der Waals surface area (Å²) in [5.41, 5.74) is 4.32. The van der Waals surface area contributed by atoms with Gasteiger partial charge in [-0.2, -0.15) is 0 Å². The summed E-state index contributed by atoms with van der Waals surface area (Å²) in [6.45, 7) is 5.65. The van der Waals surface area contributed by atoms with Crippen molar-refractivity contribution in [3.05, 3.63) is 77.0 Å². The number of benzene rings is 2. The Morgan fingerprint density at radius 3 is 2.42 bits per heavy atom. The summed E-state index contributed by atoms with van der Waals surface area (Å²) in [5.74, 6) is 1.50. The fourth-order valence-electron chi connectivity index (χ4n) is 4.70. The van der Waals surface area contributed by atoms with Gasteiger partial charge in [-0.3, -0.25) is 4.79 Å². The third kappa shape index (κ3) is 5.01. The molecule has 186 valence electrons. The van der Waals surface area contributed by atoms with E-state index in [9.17, 15) is 9.59 Å². The van der Waals surface area contributed by atoms with Crippen molar-refractivity contribution in [2.45, 2.75) is 25.9 Å². The molecule has 2 N–H and O–H groups in total. The van der Waals surface area contributed by atoms with Crippen molar-refractivity contribution in [1.82, 2.24) is 20.2 Å². The Morgan fingerprint density at radius 2 is 1.72 bits per heavy atom. The molecule has 9 heteroatoms. The van der Waals surface area contributed by atoms with Crippen LogP contribution in [0, 0.1) is 0 Å². The number of carbonyl (C=O) groups is 2. The van der Waals surface area contributed by atoms with Gasteiger partial charge in [0, 0.05) is 36.3 Å². The maximum atomic E-state index is 13.1. The van der Waals surface area contributed by atoms with E-state index < -0.39 is 6.09 Å². The normalized spacial score (nSPS) is 16.2. The molecule has 2 aliphatic rings. The molecule has 3 heterocycles. The Bertz CT molecular complexity index is 1240. The highest BCUT2D eigenvalue weighted by atomic mass is 16.5. The third-order valence-electron chi connectivity index (χ3n) is 6.67. The molecule has 0 aliphatic carbocycles. The van der Waals surface area contributed by atoms with Gasteiger partial charge in [0.1, 0.15) is 5.82 Å². The highest BCUT2D eigenvalue weighted by Gasteiger charge is 2.28. The molecule has 36 heavy (non-hydrogen) atoms. The molecule has 3 aromatic rings. The van der Waals surface area contributed by atoms with Gasteiger partial charge in [-0.15, -0.1) is 0 Å². The lowest BCUT2D eigenvalue weighted by molar-refractivity contribution is 0.0731. The van der Waals surface area contributed by atoms with Gasteiger partial charge in [-0.25, -0.2) is 14.8 Å². The van der Waals surface area contributed by atoms with Crippen LogP contribution in [0.5, 0.6) is 0 Å². The first-order chi connectivity index (χ1) is 17.5. The van der Waals surface area contributed by atoms with Crippen LogP contribution >= 0.6 is 0 Å². The second-order valence-electron chi connectivity index (χ2n) is 9.03. The van der Waals surface area contributed by atoms with Crippen LogP contribution in [0.2, 0.25) is 0 Å². The summed E-state index contributed by atoms with van der Waals surface area (Å²) in [4.78, 5) is 38.1. The number of anilines is 1. The van der Waals surface area contributed by atoms with Crippen molar-refractivity contribution in [3.8, 4) is 11.4 Å². The summed E-state index contributed by atoms with van der Waals surface area (Å²) in [6, 6.07) is 16.6. The first kappa shape index (κ1) is 23.7. The van der Waals surface area contributed by atoms with Gasteiger partial charge in [0.2, 0.25) is 0 Å². The molecule has 1 aromatic heterocycles. The average Bonchev–Trinajstić information content (AvgIpc) is 2.92. The van der Waals surface area contributed by atoms with Crippen molar-refractivity contribution in [2.75, 3.05) is 37.7 Å². The minimum atomic E-state index is -1.06. The van der Waals surface area contributed by atoms with Crippen LogP contribution in [-0.4, -0.2) is 64.8 Å². The minimum Gasteiger partial charge on any atom is -0.465 e. The van der Waals surface area contributed by atoms with Crippen molar-refractivity contribution in [2.24, 2.45) is 0 Å². The maximum Gasteiger partial charge on any atom is 0.405 e. The highest BCUT2D eigenvalue weighted by molar-refractivity contribution is 5.94. The number of morpholine rings is 1. The first-order valence-electron chi connectivity index (χ1n) is 12.2. The van der Waals surface area contributed by atoms with Crippen LogP contribution in [-0.2, 0) is 17.7 Å². The lowest BCUT2D eigenvalue weighted by Gasteiger charge is -2.34. The van der Waals surface area contributed by atoms with E-state index in [0.29, 0.717) is 44.1 Å². The predicted molar refractivity (Wildman–Crippen MR) is 135 cm³/mol. The number of rotatable bonds is 5. The zero-order chi connectivity index (χ0) is 25.1. The Balaban J connectivity index is 1.48. The molecular formula is C27H29N5O4. The van der Waals surface area contributed by atoms with Gasteiger partial charge >= 0.3 is 6.09 Å². The quantitative estimate of drug-likeness (QED) is 0.567. The number of ether oxygens (including phenoxy) is 1. The first-order valence-corrected chi connectivity index (χ1v) is 12.2. The molecule has 2 amide bonds. The van der Waals surface area contributed by atoms with E-state index in [2.05, 4.69) is 10.2 Å². The Labute approximate surface area is 209 Å². The number of nitrogens with one attached hydrogen (secondary N) is 1. The Kier molecular flexibility index (Phi) is 6.81. The molecule has 1 fully saturated rings. The average molecular weight is 488 g/mol. The second-order valence-corrected chi connectivity index (χ2v) is 9.03. The van der Waals surface area contributed by atoms with Crippen molar-refractivity contribution >= 4 is 17.8 Å². The van der Waals surface area contributed by atoms with E-state index in [-0.39, 0.29) is 11.9 Å². The standard InChI is InChI=1S/C27H29N5O4/c1-18(28-27(34)35)19-7-9-20(10-8-19)24-29-23-17-32(26(33)21-5-3-2-4-6-21)12-11-22(23)25(30-24)31-13-15-36-16-14-31/h2-10,18,28H,11-17H2,1H3,(H,34,35). The zero-order valence-electron chi connectivity index (χ0n) is 20.2. The molecule has 2 aromatic carbocycles. The summed E-state index contributed by atoms with van der Waals surface area (Å²) >= 11 is 0. The number of nitrogens with zero attached hydrogens (tertiary/aromatic N) is 4. The van der Waals surface area contributed by atoms with Gasteiger partial charge in [0.25, 0.3) is 5.91 Å². The number of hydrogen-bond acceptors (Lipinski definition) is 6. The molecule has 0 saturated carbocycles. The van der Waals surface area contributed by atoms with E-state index in [0.717, 1.165) is 41.3 Å². The van der Waals surface area contributed by atoms with Gasteiger partial charge in [0.05, 0.1) is 31.5 Å². The molecule has 1 atom stereocenters. The van der Waals surface area contributed by atoms with Gasteiger partial charge in [0.15, 0.2) is 5.82 Å². The van der Waals surface area contributed by atoms with Gasteiger partial charge in [-0.1, -0.05) is 42.5 Å². The van der Waals surface area contributed by atoms with E-state index in [4.69, 9.17) is 19.8 Å². The number of hydrogen-bond donors (Lipinski definition) is 2. The van der Waals surface area contributed by atoms with E-state index in [1.54, 1.807) is 6.92 Å². The predicted octanol–water partition coefficient (Wildman–Crippen LogP) is 3.51. The summed E-state index contributed by atoms with van der Waals surface area (Å²) in [6.07, 6.45) is -0.368. The van der Waals surface area contributed by atoms with Crippen LogP contribution in [0.25, 0.3) is 11.4 Å². The van der Waals surface area contributed by atoms with E-state index >= 15 is 0 Å². The topological polar surface area (TPSA) is 108 Å². The molecule has 1 unspecified atom stereocenters. The van der Waals surface area contributed by atoms with E-state index in [1.807, 2.05) is 59.5 Å². The van der Waals surface area contributed by atoms with Crippen LogP contribution in [0.15, 0.2) is 54.6 Å². The van der Waals surface area contributed by atoms with Crippen LogP contribution in [0.4, 0.5) is 10.6 Å². The molecule has 2 aliphatic heterocycles. The van der Waals surface area contributed by atoms with Crippen LogP contribution in [0.3, 0.4) is 0 Å². The fourth-order valence-corrected chi connectivity index (χ4v) is 4.70. The van der Waals surface area contributed by atoms with Crippen molar-refractivity contribution < 1.29 is 19.4 Å². The van der Waals surface area contributed by atoms with Gasteiger partial charge in [-0.05, 0) is 31.0 Å². The van der Waals surface area contributed by atoms with Crippen LogP contribution < -0.4 is 10.2 Å². The number of aromatic nitrogens is 2. The van der Waals surface area contributed by atoms with Crippen molar-refractivity contribution in [1.29, 1.82) is 0 Å². The smallest absolute Gasteiger partial charge is 0.405 e. The maximum absolute atomic E-state index is 13.1. The van der Waals surface area contributed by atoms with E-state index in [1.165, 1.54) is 0 Å². The Hall–Kier alpha value is -3.98. The molecule has 9 nitrogen and oxygen atoms in total. The highest BCUT2D eigenvalue weighted by Crippen LogP contribution is 2.31. The molecule has 0 spiro atoms. The van der Waals surface area contributed by atoms with Crippen molar-refractivity contribution in [3.63, 3.8) is 0 Å². The summed E-state index contributed by atoms with van der Waals surface area (Å²) in [5, 5.41) is 11.5. The Morgan fingerprint density at radius 1 is 1.00 bits per heavy atom. The molecular weight excluding hydrogens is 458 g/mol. The fraction of sp³-hybridized carbons (Fsp3) is 0.333. The molecule has 0 bridgehead atoms. The molecule has 0 radical (unpaired) electrons. The summed E-state index contributed by atoms with van der Waals surface area (Å²) in [7, 11) is 0.